The van der Waals surface area contributed by atoms with Gasteiger partial charge in [0.15, 0.2) is 11.5 Å². The predicted octanol–water partition coefficient (Wildman–Crippen LogP) is 3.44. The van der Waals surface area contributed by atoms with Crippen LogP contribution in [0.15, 0.2) is 95.0 Å². The van der Waals surface area contributed by atoms with Crippen LogP contribution in [-0.4, -0.2) is 53.5 Å². The minimum absolute atomic E-state index is 0.00450. The molecule has 1 aromatic heterocycles. The fraction of sp³-hybridized carbons (Fsp3) is 0.148. The second-order valence-corrected chi connectivity index (χ2v) is 12.2. The van der Waals surface area contributed by atoms with E-state index in [0.717, 1.165) is 9.87 Å². The van der Waals surface area contributed by atoms with E-state index in [1.54, 1.807) is 18.2 Å². The summed E-state index contributed by atoms with van der Waals surface area (Å²) in [5.74, 6) is -0.0885. The smallest absolute Gasteiger partial charge is 0.264 e. The quantitative estimate of drug-likeness (QED) is 0.264. The van der Waals surface area contributed by atoms with Gasteiger partial charge in [-0.1, -0.05) is 17.7 Å². The number of carbonyl (C=O) groups is 1. The Morgan fingerprint density at radius 2 is 1.44 bits per heavy atom. The van der Waals surface area contributed by atoms with Crippen molar-refractivity contribution in [2.75, 3.05) is 35.1 Å². The van der Waals surface area contributed by atoms with Crippen LogP contribution >= 0.6 is 0 Å². The lowest BCUT2D eigenvalue weighted by Crippen LogP contribution is -2.38. The molecule has 0 aliphatic rings. The third-order valence-corrected chi connectivity index (χ3v) is 8.92. The Hall–Kier alpha value is -4.69. The maximum atomic E-state index is 13.7. The van der Waals surface area contributed by atoms with E-state index >= 15 is 0 Å². The van der Waals surface area contributed by atoms with Crippen molar-refractivity contribution in [2.24, 2.45) is 0 Å². The molecule has 0 unspecified atom stereocenters. The molecule has 0 spiro atoms. The number of ether oxygens (including phenoxy) is 2. The zero-order valence-corrected chi connectivity index (χ0v) is 23.9. The van der Waals surface area contributed by atoms with Crippen molar-refractivity contribution in [2.45, 2.75) is 16.7 Å². The molecule has 0 aliphatic heterocycles. The number of anilines is 3. The summed E-state index contributed by atoms with van der Waals surface area (Å²) in [4.78, 5) is 20.7. The number of sulfonamides is 2. The summed E-state index contributed by atoms with van der Waals surface area (Å²) >= 11 is 0. The number of nitrogens with zero attached hydrogens (tertiary/aromatic N) is 3. The zero-order chi connectivity index (χ0) is 29.6. The van der Waals surface area contributed by atoms with Crippen molar-refractivity contribution >= 4 is 43.3 Å². The van der Waals surface area contributed by atoms with E-state index in [-0.39, 0.29) is 32.9 Å². The number of amides is 1. The van der Waals surface area contributed by atoms with Gasteiger partial charge in [-0.05, 0) is 61.5 Å². The molecule has 0 fully saturated rings. The predicted molar refractivity (Wildman–Crippen MR) is 153 cm³/mol. The lowest BCUT2D eigenvalue weighted by atomic mass is 10.2. The highest BCUT2D eigenvalue weighted by atomic mass is 32.2. The highest BCUT2D eigenvalue weighted by molar-refractivity contribution is 7.93. The van der Waals surface area contributed by atoms with Gasteiger partial charge in [-0.15, -0.1) is 0 Å². The average Bonchev–Trinajstić information content (AvgIpc) is 2.96. The Balaban J connectivity index is 1.58. The molecule has 41 heavy (non-hydrogen) atoms. The van der Waals surface area contributed by atoms with Crippen molar-refractivity contribution in [3.05, 3.63) is 90.8 Å². The molecule has 14 heteroatoms. The standard InChI is InChI=1S/C27H27N5O7S2/c1-19-5-10-23(11-6-19)41(36,37)32(21-9-14-24(38-2)25(17-21)39-3)18-26(33)30-20-7-12-22(13-8-20)40(34,35)31-27-28-15-4-16-29-27/h4-17H,18H2,1-3H3,(H,30,33)(H,28,29,31). The SMILES string of the molecule is COc1ccc(N(CC(=O)Nc2ccc(S(=O)(=O)Nc3ncccn3)cc2)S(=O)(=O)c2ccc(C)cc2)cc1OC. The van der Waals surface area contributed by atoms with Crippen molar-refractivity contribution in [3.63, 3.8) is 0 Å². The summed E-state index contributed by atoms with van der Waals surface area (Å²) in [5.41, 5.74) is 1.30. The molecule has 1 heterocycles. The van der Waals surface area contributed by atoms with Crippen LogP contribution in [0.5, 0.6) is 11.5 Å². The zero-order valence-electron chi connectivity index (χ0n) is 22.3. The Kier molecular flexibility index (Phi) is 8.74. The van der Waals surface area contributed by atoms with E-state index in [9.17, 15) is 21.6 Å². The maximum absolute atomic E-state index is 13.7. The molecule has 0 bridgehead atoms. The molecule has 4 rings (SSSR count). The second kappa shape index (κ2) is 12.2. The molecule has 2 N–H and O–H groups in total. The van der Waals surface area contributed by atoms with Crippen molar-refractivity contribution in [1.82, 2.24) is 9.97 Å². The molecular formula is C27H27N5O7S2. The number of hydrogen-bond acceptors (Lipinski definition) is 9. The Morgan fingerprint density at radius 3 is 2.05 bits per heavy atom. The number of aromatic nitrogens is 2. The molecule has 0 saturated carbocycles. The fourth-order valence-electron chi connectivity index (χ4n) is 3.71. The van der Waals surface area contributed by atoms with Crippen LogP contribution in [0, 0.1) is 6.92 Å². The summed E-state index contributed by atoms with van der Waals surface area (Å²) in [7, 11) is -5.29. The average molecular weight is 598 g/mol. The number of aryl methyl sites for hydroxylation is 1. The first-order valence-corrected chi connectivity index (χ1v) is 15.0. The molecule has 3 aromatic carbocycles. The third kappa shape index (κ3) is 6.91. The van der Waals surface area contributed by atoms with E-state index < -0.39 is 32.5 Å². The number of carbonyl (C=O) groups excluding carboxylic acids is 1. The molecule has 0 atom stereocenters. The second-order valence-electron chi connectivity index (χ2n) is 8.61. The monoisotopic (exact) mass is 597 g/mol. The van der Waals surface area contributed by atoms with E-state index in [2.05, 4.69) is 20.0 Å². The molecule has 214 valence electrons. The highest BCUT2D eigenvalue weighted by Crippen LogP contribution is 2.34. The van der Waals surface area contributed by atoms with Gasteiger partial charge in [0, 0.05) is 24.1 Å². The van der Waals surface area contributed by atoms with Gasteiger partial charge in [-0.25, -0.2) is 31.5 Å². The van der Waals surface area contributed by atoms with Crippen molar-refractivity contribution < 1.29 is 31.1 Å². The van der Waals surface area contributed by atoms with Crippen LogP contribution in [0.3, 0.4) is 0 Å². The van der Waals surface area contributed by atoms with E-state index in [0.29, 0.717) is 5.75 Å². The van der Waals surface area contributed by atoms with Gasteiger partial charge in [0.1, 0.15) is 6.54 Å². The van der Waals surface area contributed by atoms with Gasteiger partial charge in [0.2, 0.25) is 11.9 Å². The summed E-state index contributed by atoms with van der Waals surface area (Å²) < 4.78 is 66.4. The normalized spacial score (nSPS) is 11.4. The number of benzene rings is 3. The topological polar surface area (TPSA) is 157 Å². The van der Waals surface area contributed by atoms with E-state index in [4.69, 9.17) is 9.47 Å². The molecule has 4 aromatic rings. The summed E-state index contributed by atoms with van der Waals surface area (Å²) in [6.07, 6.45) is 2.79. The van der Waals surface area contributed by atoms with Crippen molar-refractivity contribution in [1.29, 1.82) is 0 Å². The summed E-state index contributed by atoms with van der Waals surface area (Å²) in [6, 6.07) is 17.6. The lowest BCUT2D eigenvalue weighted by molar-refractivity contribution is -0.114. The van der Waals surface area contributed by atoms with Crippen molar-refractivity contribution in [3.8, 4) is 11.5 Å². The number of nitrogens with one attached hydrogen (secondary N) is 2. The summed E-state index contributed by atoms with van der Waals surface area (Å²) in [5, 5.41) is 2.61. The van der Waals surface area contributed by atoms with Crippen LogP contribution in [0.1, 0.15) is 5.56 Å². The largest absolute Gasteiger partial charge is 0.493 e. The molecule has 0 aliphatic carbocycles. The molecule has 1 amide bonds. The van der Waals surface area contributed by atoms with Crippen LogP contribution in [0.25, 0.3) is 0 Å². The first-order chi connectivity index (χ1) is 19.5. The molecule has 0 saturated heterocycles. The van der Waals surface area contributed by atoms with Crippen LogP contribution in [-0.2, 0) is 24.8 Å². The fourth-order valence-corrected chi connectivity index (χ4v) is 6.08. The van der Waals surface area contributed by atoms with E-state index in [1.807, 2.05) is 6.92 Å². The molecule has 0 radical (unpaired) electrons. The molecule has 12 nitrogen and oxygen atoms in total. The van der Waals surface area contributed by atoms with Gasteiger partial charge in [-0.2, -0.15) is 0 Å². The van der Waals surface area contributed by atoms with Crippen LogP contribution < -0.4 is 23.8 Å². The minimum Gasteiger partial charge on any atom is -0.493 e. The van der Waals surface area contributed by atoms with Gasteiger partial charge in [0.05, 0.1) is 29.7 Å². The van der Waals surface area contributed by atoms with E-state index in [1.165, 1.54) is 81.2 Å². The van der Waals surface area contributed by atoms with Gasteiger partial charge >= 0.3 is 0 Å². The number of hydrogen-bond donors (Lipinski definition) is 2. The van der Waals surface area contributed by atoms with Gasteiger partial charge < -0.3 is 14.8 Å². The van der Waals surface area contributed by atoms with Gasteiger partial charge in [0.25, 0.3) is 20.0 Å². The lowest BCUT2D eigenvalue weighted by Gasteiger charge is -2.25. The number of methoxy groups -OCH3 is 2. The Bertz CT molecular complexity index is 1730. The third-order valence-electron chi connectivity index (χ3n) is 5.79. The van der Waals surface area contributed by atoms with Crippen LogP contribution in [0.2, 0.25) is 0 Å². The number of rotatable bonds is 11. The highest BCUT2D eigenvalue weighted by Gasteiger charge is 2.28. The van der Waals surface area contributed by atoms with Gasteiger partial charge in [-0.3, -0.25) is 9.10 Å². The Morgan fingerprint density at radius 1 is 0.829 bits per heavy atom. The summed E-state index contributed by atoms with van der Waals surface area (Å²) in [6.45, 7) is 1.25. The minimum atomic E-state index is -4.18. The Labute approximate surface area is 238 Å². The maximum Gasteiger partial charge on any atom is 0.264 e. The first kappa shape index (κ1) is 29.3. The first-order valence-electron chi connectivity index (χ1n) is 12.0. The van der Waals surface area contributed by atoms with Crippen LogP contribution in [0.4, 0.5) is 17.3 Å². The molecular weight excluding hydrogens is 570 g/mol.